The minimum absolute atomic E-state index is 0.159. The highest BCUT2D eigenvalue weighted by atomic mass is 35.5. The molecule has 0 heterocycles. The van der Waals surface area contributed by atoms with Crippen LogP contribution in [0.25, 0.3) is 0 Å². The second-order valence-corrected chi connectivity index (χ2v) is 7.29. The average molecular weight is 377 g/mol. The van der Waals surface area contributed by atoms with Crippen molar-refractivity contribution in [1.82, 2.24) is 5.43 Å². The Morgan fingerprint density at radius 1 is 1.20 bits per heavy atom. The standard InChI is InChI=1S/C19H21ClN2O2S/c1-14(2)12-24-17-7-3-15(4-8-17)11-21-22-19(23)13-25-18-9-5-16(20)6-10-18/h3-11,14H,12-13H2,1-2H3,(H,22,23). The lowest BCUT2D eigenvalue weighted by molar-refractivity contribution is -0.118. The number of hydrogen-bond acceptors (Lipinski definition) is 4. The summed E-state index contributed by atoms with van der Waals surface area (Å²) in [6.07, 6.45) is 1.61. The van der Waals surface area contributed by atoms with Crippen LogP contribution in [0, 0.1) is 5.92 Å². The number of benzene rings is 2. The van der Waals surface area contributed by atoms with Crippen LogP contribution >= 0.6 is 23.4 Å². The number of thioether (sulfide) groups is 1. The van der Waals surface area contributed by atoms with Crippen LogP contribution < -0.4 is 10.2 Å². The van der Waals surface area contributed by atoms with Gasteiger partial charge in [-0.3, -0.25) is 4.79 Å². The first-order valence-electron chi connectivity index (χ1n) is 7.96. The molecule has 0 spiro atoms. The molecule has 1 N–H and O–H groups in total. The van der Waals surface area contributed by atoms with Crippen LogP contribution in [-0.4, -0.2) is 24.5 Å². The van der Waals surface area contributed by atoms with Gasteiger partial charge in [0.25, 0.3) is 0 Å². The number of hydrazone groups is 1. The third-order valence-corrected chi connectivity index (χ3v) is 4.31. The fourth-order valence-corrected chi connectivity index (χ4v) is 2.62. The van der Waals surface area contributed by atoms with E-state index in [9.17, 15) is 4.79 Å². The zero-order chi connectivity index (χ0) is 18.1. The Morgan fingerprint density at radius 2 is 1.88 bits per heavy atom. The number of amides is 1. The van der Waals surface area contributed by atoms with E-state index in [-0.39, 0.29) is 5.91 Å². The molecule has 0 saturated carbocycles. The summed E-state index contributed by atoms with van der Waals surface area (Å²) in [6, 6.07) is 14.9. The van der Waals surface area contributed by atoms with Crippen molar-refractivity contribution in [2.45, 2.75) is 18.7 Å². The second-order valence-electron chi connectivity index (χ2n) is 5.81. The minimum Gasteiger partial charge on any atom is -0.493 e. The van der Waals surface area contributed by atoms with Crippen molar-refractivity contribution < 1.29 is 9.53 Å². The Morgan fingerprint density at radius 3 is 2.52 bits per heavy atom. The van der Waals surface area contributed by atoms with Crippen LogP contribution in [0.3, 0.4) is 0 Å². The van der Waals surface area contributed by atoms with Gasteiger partial charge >= 0.3 is 0 Å². The molecule has 0 aromatic heterocycles. The topological polar surface area (TPSA) is 50.7 Å². The van der Waals surface area contributed by atoms with Crippen LogP contribution in [0.1, 0.15) is 19.4 Å². The highest BCUT2D eigenvalue weighted by Crippen LogP contribution is 2.19. The van der Waals surface area contributed by atoms with Gasteiger partial charge in [0.15, 0.2) is 0 Å². The predicted octanol–water partition coefficient (Wildman–Crippen LogP) is 4.62. The molecule has 2 aromatic carbocycles. The lowest BCUT2D eigenvalue weighted by atomic mass is 10.2. The third kappa shape index (κ3) is 7.63. The Bertz CT molecular complexity index is 700. The number of carbonyl (C=O) groups excluding carboxylic acids is 1. The highest BCUT2D eigenvalue weighted by Gasteiger charge is 2.02. The van der Waals surface area contributed by atoms with Crippen LogP contribution in [0.5, 0.6) is 5.75 Å². The van der Waals surface area contributed by atoms with Gasteiger partial charge in [-0.05, 0) is 60.0 Å². The minimum atomic E-state index is -0.159. The number of halogens is 1. The van der Waals surface area contributed by atoms with E-state index in [0.717, 1.165) is 16.2 Å². The fraction of sp³-hybridized carbons (Fsp3) is 0.263. The highest BCUT2D eigenvalue weighted by molar-refractivity contribution is 8.00. The van der Waals surface area contributed by atoms with Crippen LogP contribution in [0.2, 0.25) is 5.02 Å². The van der Waals surface area contributed by atoms with Gasteiger partial charge in [0, 0.05) is 9.92 Å². The van der Waals surface area contributed by atoms with Crippen molar-refractivity contribution >= 4 is 35.5 Å². The van der Waals surface area contributed by atoms with Crippen molar-refractivity contribution in [3.63, 3.8) is 0 Å². The smallest absolute Gasteiger partial charge is 0.250 e. The maximum Gasteiger partial charge on any atom is 0.250 e. The van der Waals surface area contributed by atoms with Crippen LogP contribution in [0.15, 0.2) is 58.5 Å². The maximum atomic E-state index is 11.8. The molecule has 2 aromatic rings. The van der Waals surface area contributed by atoms with Gasteiger partial charge in [0.2, 0.25) is 5.91 Å². The molecule has 0 saturated heterocycles. The van der Waals surface area contributed by atoms with Crippen LogP contribution in [-0.2, 0) is 4.79 Å². The molecule has 0 fully saturated rings. The monoisotopic (exact) mass is 376 g/mol. The summed E-state index contributed by atoms with van der Waals surface area (Å²) in [5, 5.41) is 4.65. The second kappa shape index (κ2) is 10.1. The van der Waals surface area contributed by atoms with Gasteiger partial charge in [-0.1, -0.05) is 25.4 Å². The van der Waals surface area contributed by atoms with Gasteiger partial charge in [0.05, 0.1) is 18.6 Å². The number of rotatable bonds is 8. The normalized spacial score (nSPS) is 11.0. The Hall–Kier alpha value is -1.98. The SMILES string of the molecule is CC(C)COc1ccc(C=NNC(=O)CSc2ccc(Cl)cc2)cc1. The number of nitrogens with one attached hydrogen (secondary N) is 1. The molecular formula is C19H21ClN2O2S. The van der Waals surface area contributed by atoms with Crippen molar-refractivity contribution in [3.05, 3.63) is 59.1 Å². The Balaban J connectivity index is 1.74. The van der Waals surface area contributed by atoms with Gasteiger partial charge in [0.1, 0.15) is 5.75 Å². The molecule has 2 rings (SSSR count). The van der Waals surface area contributed by atoms with E-state index < -0.39 is 0 Å². The molecule has 0 unspecified atom stereocenters. The van der Waals surface area contributed by atoms with E-state index in [1.54, 1.807) is 18.3 Å². The molecule has 0 aliphatic carbocycles. The molecule has 0 radical (unpaired) electrons. The zero-order valence-corrected chi connectivity index (χ0v) is 15.8. The molecule has 1 amide bonds. The summed E-state index contributed by atoms with van der Waals surface area (Å²) in [5.41, 5.74) is 3.41. The zero-order valence-electron chi connectivity index (χ0n) is 14.2. The molecule has 0 aliphatic heterocycles. The number of nitrogens with zero attached hydrogens (tertiary/aromatic N) is 1. The first-order valence-corrected chi connectivity index (χ1v) is 9.32. The molecule has 6 heteroatoms. The molecule has 132 valence electrons. The van der Waals surface area contributed by atoms with Crippen molar-refractivity contribution in [2.24, 2.45) is 11.0 Å². The van der Waals surface area contributed by atoms with Crippen molar-refractivity contribution in [3.8, 4) is 5.75 Å². The fourth-order valence-electron chi connectivity index (χ4n) is 1.80. The summed E-state index contributed by atoms with van der Waals surface area (Å²) in [4.78, 5) is 12.8. The van der Waals surface area contributed by atoms with E-state index >= 15 is 0 Å². The molecule has 25 heavy (non-hydrogen) atoms. The first kappa shape index (κ1) is 19.3. The molecule has 4 nitrogen and oxygen atoms in total. The van der Waals surface area contributed by atoms with Gasteiger partial charge in [-0.15, -0.1) is 11.8 Å². The number of carbonyl (C=O) groups is 1. The Labute approximate surface area is 157 Å². The third-order valence-electron chi connectivity index (χ3n) is 3.05. The van der Waals surface area contributed by atoms with Crippen LogP contribution in [0.4, 0.5) is 0 Å². The van der Waals surface area contributed by atoms with Crippen molar-refractivity contribution in [1.29, 1.82) is 0 Å². The number of hydrogen-bond donors (Lipinski definition) is 1. The maximum absolute atomic E-state index is 11.8. The molecule has 0 aliphatic rings. The van der Waals surface area contributed by atoms with Gasteiger partial charge in [-0.2, -0.15) is 5.10 Å². The van der Waals surface area contributed by atoms with E-state index in [1.807, 2.05) is 36.4 Å². The van der Waals surface area contributed by atoms with E-state index in [1.165, 1.54) is 11.8 Å². The predicted molar refractivity (Wildman–Crippen MR) is 105 cm³/mol. The largest absolute Gasteiger partial charge is 0.493 e. The van der Waals surface area contributed by atoms with Crippen molar-refractivity contribution in [2.75, 3.05) is 12.4 Å². The summed E-state index contributed by atoms with van der Waals surface area (Å²) < 4.78 is 5.62. The summed E-state index contributed by atoms with van der Waals surface area (Å²) in [6.45, 7) is 4.90. The Kier molecular flexibility index (Phi) is 7.82. The van der Waals surface area contributed by atoms with E-state index in [4.69, 9.17) is 16.3 Å². The number of ether oxygens (including phenoxy) is 1. The van der Waals surface area contributed by atoms with E-state index in [2.05, 4.69) is 24.4 Å². The molecular weight excluding hydrogens is 356 g/mol. The lowest BCUT2D eigenvalue weighted by Crippen LogP contribution is -2.19. The quantitative estimate of drug-likeness (QED) is 0.415. The van der Waals surface area contributed by atoms with E-state index in [0.29, 0.717) is 23.3 Å². The van der Waals surface area contributed by atoms with Gasteiger partial charge < -0.3 is 4.74 Å². The summed E-state index contributed by atoms with van der Waals surface area (Å²) in [5.74, 6) is 1.45. The lowest BCUT2D eigenvalue weighted by Gasteiger charge is -2.08. The average Bonchev–Trinajstić information content (AvgIpc) is 2.60. The molecule has 0 bridgehead atoms. The van der Waals surface area contributed by atoms with Gasteiger partial charge in [-0.25, -0.2) is 5.43 Å². The summed E-state index contributed by atoms with van der Waals surface area (Å²) in [7, 11) is 0. The first-order chi connectivity index (χ1) is 12.0. The molecule has 0 atom stereocenters. The summed E-state index contributed by atoms with van der Waals surface area (Å²) >= 11 is 7.26.